The van der Waals surface area contributed by atoms with E-state index in [0.717, 1.165) is 24.5 Å². The molecular formula is C13H25N3S. The van der Waals surface area contributed by atoms with Gasteiger partial charge in [0.1, 0.15) is 0 Å². The number of fused-ring (bicyclic) bond motifs is 1. The molecule has 1 aromatic heterocycles. The first-order valence-electron chi connectivity index (χ1n) is 6.76. The summed E-state index contributed by atoms with van der Waals surface area (Å²) in [7, 11) is 0. The molecule has 0 saturated heterocycles. The molecule has 1 aliphatic rings. The molecule has 0 amide bonds. The summed E-state index contributed by atoms with van der Waals surface area (Å²) >= 11 is 1.67. The zero-order chi connectivity index (χ0) is 12.7. The highest BCUT2D eigenvalue weighted by Gasteiger charge is 2.16. The van der Waals surface area contributed by atoms with E-state index in [0.29, 0.717) is 0 Å². The number of unbranched alkanes of at least 4 members (excludes halogenated alkanes) is 1. The molecule has 0 atom stereocenters. The van der Waals surface area contributed by atoms with Crippen molar-refractivity contribution in [2.75, 3.05) is 25.4 Å². The third kappa shape index (κ3) is 4.28. The Bertz CT molecular complexity index is 297. The Hall–Kier alpha value is -0.610. The van der Waals surface area contributed by atoms with E-state index in [-0.39, 0.29) is 0 Å². The van der Waals surface area contributed by atoms with Crippen LogP contribution in [0.1, 0.15) is 44.2 Å². The zero-order valence-corrected chi connectivity index (χ0v) is 12.1. The standard InChI is InChI=1S/C11H19N3S.C2H6/c1-2-3-6-14-7-4-9-10(5-8-14)15-11(12)13-9;1-2/h2-8H2,1H3,(H2,12,13);1-2H3. The summed E-state index contributed by atoms with van der Waals surface area (Å²) in [5.74, 6) is 0. The number of nitrogen functional groups attached to an aromatic ring is 1. The Balaban J connectivity index is 0.000000686. The van der Waals surface area contributed by atoms with Crippen LogP contribution >= 0.6 is 11.3 Å². The van der Waals surface area contributed by atoms with Crippen molar-refractivity contribution in [3.05, 3.63) is 10.6 Å². The summed E-state index contributed by atoms with van der Waals surface area (Å²) in [6.07, 6.45) is 4.80. The molecule has 0 radical (unpaired) electrons. The smallest absolute Gasteiger partial charge is 0.180 e. The fraction of sp³-hybridized carbons (Fsp3) is 0.769. The molecule has 0 aromatic carbocycles. The third-order valence-corrected chi connectivity index (χ3v) is 3.93. The maximum absolute atomic E-state index is 5.72. The van der Waals surface area contributed by atoms with E-state index in [9.17, 15) is 0 Å². The van der Waals surface area contributed by atoms with Crippen LogP contribution in [-0.2, 0) is 12.8 Å². The Morgan fingerprint density at radius 3 is 2.71 bits per heavy atom. The van der Waals surface area contributed by atoms with E-state index in [1.54, 1.807) is 11.3 Å². The van der Waals surface area contributed by atoms with Gasteiger partial charge in [-0.3, -0.25) is 0 Å². The van der Waals surface area contributed by atoms with Crippen molar-refractivity contribution in [3.63, 3.8) is 0 Å². The second-order valence-electron chi connectivity index (χ2n) is 4.12. The molecule has 2 N–H and O–H groups in total. The highest BCUT2D eigenvalue weighted by molar-refractivity contribution is 7.15. The number of hydrogen-bond acceptors (Lipinski definition) is 4. The van der Waals surface area contributed by atoms with Gasteiger partial charge in [-0.05, 0) is 19.4 Å². The summed E-state index contributed by atoms with van der Waals surface area (Å²) in [4.78, 5) is 8.35. The van der Waals surface area contributed by atoms with Crippen LogP contribution in [0.4, 0.5) is 5.13 Å². The number of thiazole rings is 1. The fourth-order valence-corrected chi connectivity index (χ4v) is 2.90. The van der Waals surface area contributed by atoms with Crippen molar-refractivity contribution < 1.29 is 0 Å². The van der Waals surface area contributed by atoms with Gasteiger partial charge in [-0.15, -0.1) is 11.3 Å². The monoisotopic (exact) mass is 255 g/mol. The topological polar surface area (TPSA) is 42.2 Å². The molecule has 0 aliphatic carbocycles. The molecule has 1 aliphatic heterocycles. The SMILES string of the molecule is CC.CCCCN1CCc2nc(N)sc2CC1. The number of nitrogens with two attached hydrogens (primary N) is 1. The Labute approximate surface area is 109 Å². The van der Waals surface area contributed by atoms with Crippen LogP contribution in [0.25, 0.3) is 0 Å². The van der Waals surface area contributed by atoms with Crippen molar-refractivity contribution >= 4 is 16.5 Å². The van der Waals surface area contributed by atoms with Crippen molar-refractivity contribution in [1.29, 1.82) is 0 Å². The molecule has 17 heavy (non-hydrogen) atoms. The summed E-state index contributed by atoms with van der Waals surface area (Å²) in [6, 6.07) is 0. The van der Waals surface area contributed by atoms with Crippen molar-refractivity contribution in [2.45, 2.75) is 46.5 Å². The minimum atomic E-state index is 0.738. The molecular weight excluding hydrogens is 230 g/mol. The second kappa shape index (κ2) is 7.67. The number of hydrogen-bond donors (Lipinski definition) is 1. The largest absolute Gasteiger partial charge is 0.375 e. The lowest BCUT2D eigenvalue weighted by Crippen LogP contribution is -2.27. The second-order valence-corrected chi connectivity index (χ2v) is 5.23. The highest BCUT2D eigenvalue weighted by atomic mass is 32.1. The van der Waals surface area contributed by atoms with Gasteiger partial charge in [0, 0.05) is 24.4 Å². The number of rotatable bonds is 3. The number of nitrogens with zero attached hydrogens (tertiary/aromatic N) is 2. The summed E-state index contributed by atoms with van der Waals surface area (Å²) in [5.41, 5.74) is 6.96. The van der Waals surface area contributed by atoms with Gasteiger partial charge in [0.25, 0.3) is 0 Å². The van der Waals surface area contributed by atoms with Gasteiger partial charge in [0.05, 0.1) is 5.69 Å². The van der Waals surface area contributed by atoms with Crippen molar-refractivity contribution in [3.8, 4) is 0 Å². The van der Waals surface area contributed by atoms with E-state index < -0.39 is 0 Å². The van der Waals surface area contributed by atoms with Gasteiger partial charge in [-0.25, -0.2) is 4.98 Å². The predicted molar refractivity (Wildman–Crippen MR) is 76.6 cm³/mol. The minimum absolute atomic E-state index is 0.738. The molecule has 98 valence electrons. The van der Waals surface area contributed by atoms with Crippen LogP contribution < -0.4 is 5.73 Å². The highest BCUT2D eigenvalue weighted by Crippen LogP contribution is 2.24. The molecule has 4 heteroatoms. The normalized spacial score (nSPS) is 15.7. The summed E-state index contributed by atoms with van der Waals surface area (Å²) in [5, 5.41) is 0.738. The van der Waals surface area contributed by atoms with Crippen molar-refractivity contribution in [1.82, 2.24) is 9.88 Å². The van der Waals surface area contributed by atoms with Gasteiger partial charge in [-0.1, -0.05) is 27.2 Å². The molecule has 0 unspecified atom stereocenters. The molecule has 0 saturated carbocycles. The number of aromatic nitrogens is 1. The van der Waals surface area contributed by atoms with Crippen molar-refractivity contribution in [2.24, 2.45) is 0 Å². The van der Waals surface area contributed by atoms with E-state index in [1.807, 2.05) is 13.8 Å². The molecule has 0 spiro atoms. The molecule has 2 rings (SSSR count). The molecule has 0 fully saturated rings. The van der Waals surface area contributed by atoms with Gasteiger partial charge >= 0.3 is 0 Å². The average molecular weight is 255 g/mol. The van der Waals surface area contributed by atoms with Crippen LogP contribution in [0.5, 0.6) is 0 Å². The fourth-order valence-electron chi connectivity index (χ4n) is 2.03. The van der Waals surface area contributed by atoms with E-state index in [4.69, 9.17) is 5.73 Å². The first kappa shape index (κ1) is 14.5. The van der Waals surface area contributed by atoms with Crippen LogP contribution in [-0.4, -0.2) is 29.5 Å². The van der Waals surface area contributed by atoms with Gasteiger partial charge in [0.15, 0.2) is 5.13 Å². The maximum atomic E-state index is 5.72. The minimum Gasteiger partial charge on any atom is -0.375 e. The number of anilines is 1. The summed E-state index contributed by atoms with van der Waals surface area (Å²) < 4.78 is 0. The maximum Gasteiger partial charge on any atom is 0.180 e. The molecule has 0 bridgehead atoms. The van der Waals surface area contributed by atoms with E-state index in [2.05, 4.69) is 16.8 Å². The van der Waals surface area contributed by atoms with Crippen LogP contribution in [0.2, 0.25) is 0 Å². The van der Waals surface area contributed by atoms with Gasteiger partial charge < -0.3 is 10.6 Å². The third-order valence-electron chi connectivity index (χ3n) is 2.94. The van der Waals surface area contributed by atoms with Crippen LogP contribution in [0.3, 0.4) is 0 Å². The van der Waals surface area contributed by atoms with E-state index in [1.165, 1.54) is 36.5 Å². The van der Waals surface area contributed by atoms with Gasteiger partial charge in [-0.2, -0.15) is 0 Å². The van der Waals surface area contributed by atoms with Crippen LogP contribution in [0.15, 0.2) is 0 Å². The van der Waals surface area contributed by atoms with Crippen LogP contribution in [0, 0.1) is 0 Å². The Morgan fingerprint density at radius 2 is 2.00 bits per heavy atom. The molecule has 1 aromatic rings. The Kier molecular flexibility index (Phi) is 6.52. The lowest BCUT2D eigenvalue weighted by atomic mass is 10.2. The average Bonchev–Trinajstić information content (AvgIpc) is 2.61. The Morgan fingerprint density at radius 1 is 1.29 bits per heavy atom. The van der Waals surface area contributed by atoms with Gasteiger partial charge in [0.2, 0.25) is 0 Å². The quantitative estimate of drug-likeness (QED) is 0.903. The first-order valence-corrected chi connectivity index (χ1v) is 7.57. The predicted octanol–water partition coefficient (Wildman–Crippen LogP) is 2.95. The lowest BCUT2D eigenvalue weighted by Gasteiger charge is -2.18. The van der Waals surface area contributed by atoms with E-state index >= 15 is 0 Å². The lowest BCUT2D eigenvalue weighted by molar-refractivity contribution is 0.282. The molecule has 3 nitrogen and oxygen atoms in total. The summed E-state index contributed by atoms with van der Waals surface area (Å²) in [6.45, 7) is 9.81. The first-order chi connectivity index (χ1) is 8.29. The zero-order valence-electron chi connectivity index (χ0n) is 11.3. The molecule has 2 heterocycles.